The van der Waals surface area contributed by atoms with Crippen molar-refractivity contribution in [2.75, 3.05) is 45.9 Å². The number of aliphatic hydroxyl groups is 1. The maximum atomic E-state index is 12.1. The highest BCUT2D eigenvalue weighted by molar-refractivity contribution is 6.34. The molecule has 7 heteroatoms. The van der Waals surface area contributed by atoms with Gasteiger partial charge in [0.25, 0.3) is 5.91 Å². The molecule has 0 atom stereocenters. The number of nitrogens with zero attached hydrogens (tertiary/aromatic N) is 2. The predicted octanol–water partition coefficient (Wildman–Crippen LogP) is 1.51. The average Bonchev–Trinajstić information content (AvgIpc) is 2.49. The van der Waals surface area contributed by atoms with Crippen LogP contribution >= 0.6 is 23.2 Å². The van der Waals surface area contributed by atoms with Gasteiger partial charge >= 0.3 is 0 Å². The standard InChI is InChI=1S/C14H18Cl2N2O3/c15-11-1-2-12(16)13(9-11)21-10-14(20)18-5-3-17(4-6-18)7-8-19/h1-2,9,19H,3-8,10H2. The summed E-state index contributed by atoms with van der Waals surface area (Å²) in [5.41, 5.74) is 0. The molecule has 0 aliphatic carbocycles. The lowest BCUT2D eigenvalue weighted by Gasteiger charge is -2.34. The zero-order chi connectivity index (χ0) is 15.2. The fraction of sp³-hybridized carbons (Fsp3) is 0.500. The summed E-state index contributed by atoms with van der Waals surface area (Å²) < 4.78 is 5.45. The van der Waals surface area contributed by atoms with Crippen LogP contribution in [0.25, 0.3) is 0 Å². The zero-order valence-electron chi connectivity index (χ0n) is 11.6. The molecule has 5 nitrogen and oxygen atoms in total. The molecule has 1 fully saturated rings. The highest BCUT2D eigenvalue weighted by Gasteiger charge is 2.21. The van der Waals surface area contributed by atoms with Gasteiger partial charge in [0, 0.05) is 43.8 Å². The molecule has 21 heavy (non-hydrogen) atoms. The highest BCUT2D eigenvalue weighted by Crippen LogP contribution is 2.27. The first-order valence-electron chi connectivity index (χ1n) is 6.79. The van der Waals surface area contributed by atoms with E-state index in [1.54, 1.807) is 23.1 Å². The van der Waals surface area contributed by atoms with Gasteiger partial charge in [-0.25, -0.2) is 0 Å². The van der Waals surface area contributed by atoms with Gasteiger partial charge in [0.05, 0.1) is 11.6 Å². The summed E-state index contributed by atoms with van der Waals surface area (Å²) in [5, 5.41) is 9.83. The molecule has 0 unspecified atom stereocenters. The molecule has 0 aromatic heterocycles. The van der Waals surface area contributed by atoms with Crippen molar-refractivity contribution >= 4 is 29.1 Å². The van der Waals surface area contributed by atoms with Crippen LogP contribution in [-0.4, -0.2) is 66.8 Å². The number of piperazine rings is 1. The first kappa shape index (κ1) is 16.4. The number of carbonyl (C=O) groups is 1. The Morgan fingerprint density at radius 1 is 1.24 bits per heavy atom. The van der Waals surface area contributed by atoms with Crippen LogP contribution in [0, 0.1) is 0 Å². The molecule has 1 aromatic rings. The quantitative estimate of drug-likeness (QED) is 0.888. The Hall–Kier alpha value is -1.01. The number of benzene rings is 1. The smallest absolute Gasteiger partial charge is 0.260 e. The molecule has 0 spiro atoms. The molecule has 2 rings (SSSR count). The summed E-state index contributed by atoms with van der Waals surface area (Å²) in [6.07, 6.45) is 0. The van der Waals surface area contributed by atoms with Crippen LogP contribution in [0.5, 0.6) is 5.75 Å². The second kappa shape index (κ2) is 7.84. The second-order valence-corrected chi connectivity index (χ2v) is 5.65. The van der Waals surface area contributed by atoms with Crippen molar-refractivity contribution in [2.24, 2.45) is 0 Å². The monoisotopic (exact) mass is 332 g/mol. The average molecular weight is 333 g/mol. The van der Waals surface area contributed by atoms with Crippen LogP contribution < -0.4 is 4.74 Å². The first-order chi connectivity index (χ1) is 10.1. The van der Waals surface area contributed by atoms with Gasteiger partial charge in [-0.1, -0.05) is 23.2 Å². The Labute approximate surface area is 134 Å². The van der Waals surface area contributed by atoms with E-state index in [4.69, 9.17) is 33.0 Å². The number of β-amino-alcohol motifs (C(OH)–C–C–N with tert-alkyl or cyclic N) is 1. The largest absolute Gasteiger partial charge is 0.482 e. The maximum Gasteiger partial charge on any atom is 0.260 e. The van der Waals surface area contributed by atoms with Gasteiger partial charge in [-0.2, -0.15) is 0 Å². The first-order valence-corrected chi connectivity index (χ1v) is 7.54. The Bertz CT molecular complexity index is 491. The molecule has 1 aliphatic rings. The minimum Gasteiger partial charge on any atom is -0.482 e. The van der Waals surface area contributed by atoms with Gasteiger partial charge in [-0.3, -0.25) is 9.69 Å². The fourth-order valence-electron chi connectivity index (χ4n) is 2.18. The Morgan fingerprint density at radius 2 is 1.95 bits per heavy atom. The van der Waals surface area contributed by atoms with E-state index in [0.29, 0.717) is 35.4 Å². The number of hydrogen-bond donors (Lipinski definition) is 1. The van der Waals surface area contributed by atoms with Crippen molar-refractivity contribution in [3.63, 3.8) is 0 Å². The van der Waals surface area contributed by atoms with E-state index in [2.05, 4.69) is 4.90 Å². The Morgan fingerprint density at radius 3 is 2.62 bits per heavy atom. The third-order valence-electron chi connectivity index (χ3n) is 3.39. The number of ether oxygens (including phenoxy) is 1. The van der Waals surface area contributed by atoms with E-state index in [9.17, 15) is 4.79 Å². The summed E-state index contributed by atoms with van der Waals surface area (Å²) in [7, 11) is 0. The van der Waals surface area contributed by atoms with Crippen LogP contribution in [0.4, 0.5) is 0 Å². The molecule has 1 aromatic carbocycles. The third-order valence-corrected chi connectivity index (χ3v) is 3.93. The zero-order valence-corrected chi connectivity index (χ0v) is 13.1. The molecular formula is C14H18Cl2N2O3. The van der Waals surface area contributed by atoms with Crippen LogP contribution in [-0.2, 0) is 4.79 Å². The van der Waals surface area contributed by atoms with Crippen LogP contribution in [0.2, 0.25) is 10.0 Å². The topological polar surface area (TPSA) is 53.0 Å². The van der Waals surface area contributed by atoms with Crippen molar-refractivity contribution in [1.29, 1.82) is 0 Å². The van der Waals surface area contributed by atoms with Crippen LogP contribution in [0.3, 0.4) is 0 Å². The van der Waals surface area contributed by atoms with Crippen molar-refractivity contribution in [2.45, 2.75) is 0 Å². The summed E-state index contributed by atoms with van der Waals surface area (Å²) in [4.78, 5) is 16.0. The number of amides is 1. The molecule has 1 amide bonds. The number of aliphatic hydroxyl groups excluding tert-OH is 1. The van der Waals surface area contributed by atoms with E-state index in [1.165, 1.54) is 0 Å². The summed E-state index contributed by atoms with van der Waals surface area (Å²) in [6, 6.07) is 4.90. The SMILES string of the molecule is O=C(COc1cc(Cl)ccc1Cl)N1CCN(CCO)CC1. The molecule has 0 bridgehead atoms. The highest BCUT2D eigenvalue weighted by atomic mass is 35.5. The van der Waals surface area contributed by atoms with E-state index in [0.717, 1.165) is 13.1 Å². The lowest BCUT2D eigenvalue weighted by molar-refractivity contribution is -0.135. The third kappa shape index (κ3) is 4.74. The van der Waals surface area contributed by atoms with E-state index >= 15 is 0 Å². The Balaban J connectivity index is 1.81. The van der Waals surface area contributed by atoms with E-state index in [1.807, 2.05) is 0 Å². The predicted molar refractivity (Wildman–Crippen MR) is 82.1 cm³/mol. The second-order valence-electron chi connectivity index (χ2n) is 4.81. The van der Waals surface area contributed by atoms with Gasteiger partial charge in [-0.05, 0) is 12.1 Å². The van der Waals surface area contributed by atoms with E-state index < -0.39 is 0 Å². The normalized spacial score (nSPS) is 16.0. The summed E-state index contributed by atoms with van der Waals surface area (Å²) >= 11 is 11.8. The lowest BCUT2D eigenvalue weighted by atomic mass is 10.3. The fourth-order valence-corrected chi connectivity index (χ4v) is 2.52. The van der Waals surface area contributed by atoms with Crippen molar-refractivity contribution in [3.8, 4) is 5.75 Å². The number of rotatable bonds is 5. The van der Waals surface area contributed by atoms with Crippen molar-refractivity contribution in [1.82, 2.24) is 9.80 Å². The van der Waals surface area contributed by atoms with Gasteiger partial charge in [0.2, 0.25) is 0 Å². The maximum absolute atomic E-state index is 12.1. The summed E-state index contributed by atoms with van der Waals surface area (Å²) in [5.74, 6) is 0.339. The molecule has 0 saturated carbocycles. The number of hydrogen-bond acceptors (Lipinski definition) is 4. The minimum absolute atomic E-state index is 0.0555. The molecule has 0 radical (unpaired) electrons. The molecule has 1 N–H and O–H groups in total. The minimum atomic E-state index is -0.0744. The number of carbonyl (C=O) groups excluding carboxylic acids is 1. The van der Waals surface area contributed by atoms with Crippen molar-refractivity contribution in [3.05, 3.63) is 28.2 Å². The molecule has 116 valence electrons. The Kier molecular flexibility index (Phi) is 6.11. The molecule has 1 saturated heterocycles. The summed E-state index contributed by atoms with van der Waals surface area (Å²) in [6.45, 7) is 3.56. The van der Waals surface area contributed by atoms with Crippen LogP contribution in [0.15, 0.2) is 18.2 Å². The van der Waals surface area contributed by atoms with Gasteiger partial charge in [0.1, 0.15) is 5.75 Å². The molecule has 1 heterocycles. The molecule has 1 aliphatic heterocycles. The van der Waals surface area contributed by atoms with E-state index in [-0.39, 0.29) is 19.1 Å². The van der Waals surface area contributed by atoms with Gasteiger partial charge in [0.15, 0.2) is 6.61 Å². The van der Waals surface area contributed by atoms with Crippen molar-refractivity contribution < 1.29 is 14.6 Å². The lowest BCUT2D eigenvalue weighted by Crippen LogP contribution is -2.50. The number of halogens is 2. The molecular weight excluding hydrogens is 315 g/mol. The van der Waals surface area contributed by atoms with Gasteiger partial charge in [-0.15, -0.1) is 0 Å². The van der Waals surface area contributed by atoms with Crippen LogP contribution in [0.1, 0.15) is 0 Å². The van der Waals surface area contributed by atoms with Gasteiger partial charge < -0.3 is 14.7 Å².